The van der Waals surface area contributed by atoms with Crippen LogP contribution in [0.3, 0.4) is 0 Å². The minimum Gasteiger partial charge on any atom is -0.348 e. The Morgan fingerprint density at radius 2 is 1.93 bits per heavy atom. The average Bonchev–Trinajstić information content (AvgIpc) is 3.37. The van der Waals surface area contributed by atoms with Crippen molar-refractivity contribution in [2.45, 2.75) is 63.0 Å². The van der Waals surface area contributed by atoms with Gasteiger partial charge in [-0.3, -0.25) is 14.3 Å². The van der Waals surface area contributed by atoms with E-state index in [1.807, 2.05) is 4.90 Å². The SMILES string of the molecule is O=C(N[C@H]1CC[C@H](N2CC(F)(F)C2)CC1)c1nc(-n2ccnc2)nc2c1CCC2. The first-order valence-electron chi connectivity index (χ1n) is 10.3. The molecule has 3 aliphatic rings. The van der Waals surface area contributed by atoms with Crippen LogP contribution in [0.5, 0.6) is 0 Å². The highest BCUT2D eigenvalue weighted by Gasteiger charge is 2.47. The number of halogens is 2. The molecule has 1 N–H and O–H groups in total. The minimum absolute atomic E-state index is 0.0595. The second-order valence-corrected chi connectivity index (χ2v) is 8.36. The lowest BCUT2D eigenvalue weighted by atomic mass is 9.88. The quantitative estimate of drug-likeness (QED) is 0.848. The van der Waals surface area contributed by atoms with Crippen LogP contribution in [0.1, 0.15) is 53.8 Å². The molecule has 2 aromatic rings. The maximum absolute atomic E-state index is 13.1. The highest BCUT2D eigenvalue weighted by molar-refractivity contribution is 5.94. The zero-order chi connectivity index (χ0) is 20.0. The van der Waals surface area contributed by atoms with Crippen molar-refractivity contribution < 1.29 is 13.6 Å². The first-order chi connectivity index (χ1) is 14.0. The Bertz CT molecular complexity index is 900. The van der Waals surface area contributed by atoms with Crippen molar-refractivity contribution in [2.75, 3.05) is 13.1 Å². The summed E-state index contributed by atoms with van der Waals surface area (Å²) in [5.74, 6) is -2.22. The molecule has 1 aliphatic heterocycles. The molecule has 0 aromatic carbocycles. The zero-order valence-electron chi connectivity index (χ0n) is 16.2. The normalized spacial score (nSPS) is 26.0. The molecule has 5 rings (SSSR count). The number of fused-ring (bicyclic) bond motifs is 1. The number of alkyl halides is 2. The molecule has 0 radical (unpaired) electrons. The van der Waals surface area contributed by atoms with Crippen LogP contribution in [-0.4, -0.2) is 61.4 Å². The fourth-order valence-electron chi connectivity index (χ4n) is 4.75. The number of carbonyl (C=O) groups excluding carboxylic acids is 1. The number of hydrogen-bond donors (Lipinski definition) is 1. The number of likely N-dealkylation sites (tertiary alicyclic amines) is 1. The van der Waals surface area contributed by atoms with Gasteiger partial charge in [0.15, 0.2) is 0 Å². The van der Waals surface area contributed by atoms with E-state index >= 15 is 0 Å². The van der Waals surface area contributed by atoms with Gasteiger partial charge in [0, 0.05) is 35.7 Å². The van der Waals surface area contributed by atoms with E-state index < -0.39 is 5.92 Å². The number of carbonyl (C=O) groups is 1. The molecule has 1 amide bonds. The molecule has 3 heterocycles. The predicted octanol–water partition coefficient (Wildman–Crippen LogP) is 2.14. The van der Waals surface area contributed by atoms with Gasteiger partial charge < -0.3 is 5.32 Å². The third-order valence-electron chi connectivity index (χ3n) is 6.29. The summed E-state index contributed by atoms with van der Waals surface area (Å²) in [5.41, 5.74) is 2.35. The number of amides is 1. The van der Waals surface area contributed by atoms with Crippen molar-refractivity contribution in [3.05, 3.63) is 35.7 Å². The van der Waals surface area contributed by atoms with Gasteiger partial charge in [0.2, 0.25) is 5.95 Å². The second-order valence-electron chi connectivity index (χ2n) is 8.36. The number of rotatable bonds is 4. The van der Waals surface area contributed by atoms with E-state index in [-0.39, 0.29) is 31.1 Å². The maximum atomic E-state index is 13.1. The van der Waals surface area contributed by atoms with Crippen molar-refractivity contribution in [1.82, 2.24) is 29.7 Å². The lowest BCUT2D eigenvalue weighted by Crippen LogP contribution is -2.60. The Morgan fingerprint density at radius 1 is 1.14 bits per heavy atom. The van der Waals surface area contributed by atoms with Crippen LogP contribution in [0.2, 0.25) is 0 Å². The Labute approximate surface area is 167 Å². The molecule has 0 spiro atoms. The van der Waals surface area contributed by atoms with Crippen molar-refractivity contribution >= 4 is 5.91 Å². The summed E-state index contributed by atoms with van der Waals surface area (Å²) in [6, 6.07) is 0.267. The Morgan fingerprint density at radius 3 is 2.62 bits per heavy atom. The molecule has 0 atom stereocenters. The minimum atomic E-state index is -2.52. The monoisotopic (exact) mass is 402 g/mol. The van der Waals surface area contributed by atoms with E-state index in [9.17, 15) is 13.6 Å². The van der Waals surface area contributed by atoms with Gasteiger partial charge in [-0.2, -0.15) is 0 Å². The second kappa shape index (κ2) is 7.12. The van der Waals surface area contributed by atoms with Crippen LogP contribution in [0.15, 0.2) is 18.7 Å². The first kappa shape index (κ1) is 18.6. The molecule has 1 saturated carbocycles. The Kier molecular flexibility index (Phi) is 4.57. The lowest BCUT2D eigenvalue weighted by molar-refractivity contribution is -0.150. The highest BCUT2D eigenvalue weighted by atomic mass is 19.3. The van der Waals surface area contributed by atoms with E-state index in [4.69, 9.17) is 0 Å². The van der Waals surface area contributed by atoms with Gasteiger partial charge in [-0.05, 0) is 44.9 Å². The molecular weight excluding hydrogens is 378 g/mol. The van der Waals surface area contributed by atoms with E-state index in [1.165, 1.54) is 0 Å². The zero-order valence-corrected chi connectivity index (χ0v) is 16.2. The summed E-state index contributed by atoms with van der Waals surface area (Å²) in [7, 11) is 0. The van der Waals surface area contributed by atoms with E-state index in [2.05, 4.69) is 20.3 Å². The van der Waals surface area contributed by atoms with E-state index in [0.29, 0.717) is 11.6 Å². The molecular formula is C20H24F2N6O. The van der Waals surface area contributed by atoms with Gasteiger partial charge >= 0.3 is 0 Å². The number of aryl methyl sites for hydroxylation is 1. The highest BCUT2D eigenvalue weighted by Crippen LogP contribution is 2.34. The summed E-state index contributed by atoms with van der Waals surface area (Å²) in [4.78, 5) is 28.1. The molecule has 154 valence electrons. The van der Waals surface area contributed by atoms with Gasteiger partial charge in [-0.15, -0.1) is 0 Å². The fourth-order valence-corrected chi connectivity index (χ4v) is 4.75. The summed E-state index contributed by atoms with van der Waals surface area (Å²) in [6.07, 6.45) is 11.0. The standard InChI is InChI=1S/C20H24F2N6O/c21-20(22)10-28(11-20)14-6-4-13(5-7-14)24-18(29)17-15-2-1-3-16(15)25-19(26-17)27-9-8-23-12-27/h8-9,12-14H,1-7,10-11H2,(H,24,29)/t13-,14-. The van der Waals surface area contributed by atoms with Crippen LogP contribution in [0.25, 0.3) is 5.95 Å². The van der Waals surface area contributed by atoms with Gasteiger partial charge in [0.25, 0.3) is 11.8 Å². The van der Waals surface area contributed by atoms with Gasteiger partial charge in [-0.1, -0.05) is 0 Å². The summed E-state index contributed by atoms with van der Waals surface area (Å²) >= 11 is 0. The number of nitrogens with zero attached hydrogens (tertiary/aromatic N) is 5. The molecule has 1 saturated heterocycles. The molecule has 0 bridgehead atoms. The molecule has 0 unspecified atom stereocenters. The smallest absolute Gasteiger partial charge is 0.272 e. The predicted molar refractivity (Wildman–Crippen MR) is 101 cm³/mol. The summed E-state index contributed by atoms with van der Waals surface area (Å²) in [5, 5.41) is 3.13. The fraction of sp³-hybridized carbons (Fsp3) is 0.600. The lowest BCUT2D eigenvalue weighted by Gasteiger charge is -2.46. The molecule has 2 fully saturated rings. The number of nitrogens with one attached hydrogen (secondary N) is 1. The Balaban J connectivity index is 1.26. The molecule has 2 aromatic heterocycles. The van der Waals surface area contributed by atoms with Crippen LogP contribution < -0.4 is 5.32 Å². The average molecular weight is 402 g/mol. The van der Waals surface area contributed by atoms with Gasteiger partial charge in [-0.25, -0.2) is 23.7 Å². The van der Waals surface area contributed by atoms with E-state index in [0.717, 1.165) is 56.2 Å². The molecule has 9 heteroatoms. The number of hydrogen-bond acceptors (Lipinski definition) is 5. The largest absolute Gasteiger partial charge is 0.348 e. The number of imidazole rings is 1. The summed E-state index contributed by atoms with van der Waals surface area (Å²) < 4.78 is 27.9. The van der Waals surface area contributed by atoms with Crippen molar-refractivity contribution in [2.24, 2.45) is 0 Å². The van der Waals surface area contributed by atoms with Crippen LogP contribution >= 0.6 is 0 Å². The van der Waals surface area contributed by atoms with Crippen LogP contribution in [0.4, 0.5) is 8.78 Å². The maximum Gasteiger partial charge on any atom is 0.272 e. The third kappa shape index (κ3) is 3.63. The summed E-state index contributed by atoms with van der Waals surface area (Å²) in [6.45, 7) is -0.252. The molecule has 2 aliphatic carbocycles. The van der Waals surface area contributed by atoms with Crippen LogP contribution in [-0.2, 0) is 12.8 Å². The van der Waals surface area contributed by atoms with Gasteiger partial charge in [0.1, 0.15) is 12.0 Å². The molecule has 7 nitrogen and oxygen atoms in total. The topological polar surface area (TPSA) is 75.9 Å². The Hall–Kier alpha value is -2.42. The van der Waals surface area contributed by atoms with Crippen molar-refractivity contribution in [3.63, 3.8) is 0 Å². The first-order valence-corrected chi connectivity index (χ1v) is 10.3. The third-order valence-corrected chi connectivity index (χ3v) is 6.29. The number of aromatic nitrogens is 4. The molecule has 29 heavy (non-hydrogen) atoms. The van der Waals surface area contributed by atoms with E-state index in [1.54, 1.807) is 23.3 Å². The van der Waals surface area contributed by atoms with Crippen molar-refractivity contribution in [3.8, 4) is 5.95 Å². The van der Waals surface area contributed by atoms with Crippen molar-refractivity contribution in [1.29, 1.82) is 0 Å². The van der Waals surface area contributed by atoms with Crippen LogP contribution in [0, 0.1) is 0 Å². The van der Waals surface area contributed by atoms with Gasteiger partial charge in [0.05, 0.1) is 13.1 Å².